The normalized spacial score (nSPS) is 13.6. The molecule has 0 N–H and O–H groups in total. The van der Waals surface area contributed by atoms with Crippen molar-refractivity contribution >= 4 is 5.78 Å². The number of hydrogen-bond acceptors (Lipinski definition) is 4. The predicted molar refractivity (Wildman–Crippen MR) is 112 cm³/mol. The molecule has 0 radical (unpaired) electrons. The molecule has 4 rings (SSSR count). The average Bonchev–Trinajstić information content (AvgIpc) is 2.78. The van der Waals surface area contributed by atoms with Crippen molar-refractivity contribution in [2.24, 2.45) is 0 Å². The number of benzene rings is 3. The molecule has 148 valence electrons. The molecule has 0 aromatic heterocycles. The van der Waals surface area contributed by atoms with E-state index < -0.39 is 5.41 Å². The first-order valence-electron chi connectivity index (χ1n) is 9.75. The first-order chi connectivity index (χ1) is 14.2. The molecule has 0 spiro atoms. The van der Waals surface area contributed by atoms with E-state index in [1.165, 1.54) is 0 Å². The molecule has 0 amide bonds. The van der Waals surface area contributed by atoms with Crippen molar-refractivity contribution < 1.29 is 19.0 Å². The maximum absolute atomic E-state index is 13.0. The van der Waals surface area contributed by atoms with E-state index in [-0.39, 0.29) is 12.2 Å². The third kappa shape index (κ3) is 2.96. The molecule has 4 nitrogen and oxygen atoms in total. The third-order valence-corrected chi connectivity index (χ3v) is 5.61. The quantitative estimate of drug-likeness (QED) is 0.558. The standard InChI is InChI=1S/C25H24O4/c1-4-18(26)16-25(17-10-6-5-7-11-17)23-19(27-2)12-8-14-21(23)29-22-15-9-13-20(28-3)24(22)25/h5-15H,4,16H2,1-3H3. The molecule has 0 atom stereocenters. The van der Waals surface area contributed by atoms with Crippen molar-refractivity contribution in [2.45, 2.75) is 25.2 Å². The fourth-order valence-electron chi connectivity index (χ4n) is 4.33. The lowest BCUT2D eigenvalue weighted by molar-refractivity contribution is -0.119. The van der Waals surface area contributed by atoms with Crippen molar-refractivity contribution in [2.75, 3.05) is 14.2 Å². The Morgan fingerprint density at radius 1 is 0.828 bits per heavy atom. The summed E-state index contributed by atoms with van der Waals surface area (Å²) in [6, 6.07) is 21.6. The van der Waals surface area contributed by atoms with E-state index in [1.54, 1.807) is 14.2 Å². The maximum Gasteiger partial charge on any atom is 0.135 e. The van der Waals surface area contributed by atoms with E-state index in [4.69, 9.17) is 14.2 Å². The van der Waals surface area contributed by atoms with Gasteiger partial charge >= 0.3 is 0 Å². The van der Waals surface area contributed by atoms with Crippen LogP contribution in [0.25, 0.3) is 0 Å². The van der Waals surface area contributed by atoms with Crippen molar-refractivity contribution in [3.8, 4) is 23.0 Å². The zero-order chi connectivity index (χ0) is 20.4. The summed E-state index contributed by atoms with van der Waals surface area (Å²) in [4.78, 5) is 13.0. The van der Waals surface area contributed by atoms with Crippen LogP contribution in [0.15, 0.2) is 66.7 Å². The fraction of sp³-hybridized carbons (Fsp3) is 0.240. The molecular formula is C25H24O4. The third-order valence-electron chi connectivity index (χ3n) is 5.61. The van der Waals surface area contributed by atoms with E-state index in [2.05, 4.69) is 12.1 Å². The minimum atomic E-state index is -0.781. The van der Waals surface area contributed by atoms with Gasteiger partial charge < -0.3 is 14.2 Å². The molecule has 3 aromatic rings. The van der Waals surface area contributed by atoms with Gasteiger partial charge in [-0.05, 0) is 29.8 Å². The topological polar surface area (TPSA) is 44.8 Å². The molecule has 0 saturated heterocycles. The number of ether oxygens (including phenoxy) is 3. The second kappa shape index (κ2) is 7.63. The second-order valence-corrected chi connectivity index (χ2v) is 7.11. The van der Waals surface area contributed by atoms with Crippen LogP contribution in [-0.2, 0) is 10.2 Å². The minimum Gasteiger partial charge on any atom is -0.496 e. The summed E-state index contributed by atoms with van der Waals surface area (Å²) in [5, 5.41) is 0. The summed E-state index contributed by atoms with van der Waals surface area (Å²) in [5.41, 5.74) is 1.93. The number of carbonyl (C=O) groups is 1. The highest BCUT2D eigenvalue weighted by Gasteiger charge is 2.48. The Labute approximate surface area is 171 Å². The van der Waals surface area contributed by atoms with E-state index >= 15 is 0 Å². The molecule has 0 unspecified atom stereocenters. The lowest BCUT2D eigenvalue weighted by Gasteiger charge is -2.41. The Hall–Kier alpha value is -3.27. The van der Waals surface area contributed by atoms with Crippen LogP contribution in [0.4, 0.5) is 0 Å². The number of hydrogen-bond donors (Lipinski definition) is 0. The summed E-state index contributed by atoms with van der Waals surface area (Å²) in [6.45, 7) is 1.90. The summed E-state index contributed by atoms with van der Waals surface area (Å²) >= 11 is 0. The van der Waals surface area contributed by atoms with Crippen LogP contribution in [-0.4, -0.2) is 20.0 Å². The monoisotopic (exact) mass is 388 g/mol. The minimum absolute atomic E-state index is 0.157. The van der Waals surface area contributed by atoms with Gasteiger partial charge in [0, 0.05) is 12.8 Å². The van der Waals surface area contributed by atoms with Crippen molar-refractivity contribution in [3.63, 3.8) is 0 Å². The predicted octanol–water partition coefficient (Wildman–Crippen LogP) is 5.51. The number of Topliss-reactive ketones (excluding diaryl/α,β-unsaturated/α-hetero) is 1. The molecule has 1 aliphatic heterocycles. The molecule has 1 aliphatic rings. The van der Waals surface area contributed by atoms with Crippen LogP contribution in [0.3, 0.4) is 0 Å². The Morgan fingerprint density at radius 3 is 1.86 bits per heavy atom. The largest absolute Gasteiger partial charge is 0.496 e. The molecule has 29 heavy (non-hydrogen) atoms. The zero-order valence-corrected chi connectivity index (χ0v) is 16.9. The van der Waals surface area contributed by atoms with Crippen LogP contribution in [0.1, 0.15) is 36.5 Å². The molecule has 0 saturated carbocycles. The number of fused-ring (bicyclic) bond motifs is 2. The van der Waals surface area contributed by atoms with E-state index in [9.17, 15) is 4.79 Å². The van der Waals surface area contributed by atoms with Gasteiger partial charge in [0.25, 0.3) is 0 Å². The molecule has 1 heterocycles. The summed E-state index contributed by atoms with van der Waals surface area (Å²) in [5.74, 6) is 2.92. The highest BCUT2D eigenvalue weighted by molar-refractivity contribution is 5.84. The van der Waals surface area contributed by atoms with Crippen LogP contribution in [0.5, 0.6) is 23.0 Å². The molecule has 0 bridgehead atoms. The highest BCUT2D eigenvalue weighted by atomic mass is 16.5. The van der Waals surface area contributed by atoms with Crippen molar-refractivity contribution in [3.05, 3.63) is 83.4 Å². The van der Waals surface area contributed by atoms with Crippen molar-refractivity contribution in [1.82, 2.24) is 0 Å². The van der Waals surface area contributed by atoms with Gasteiger partial charge in [-0.3, -0.25) is 4.79 Å². The zero-order valence-electron chi connectivity index (χ0n) is 16.9. The Bertz CT molecular complexity index is 986. The molecule has 3 aromatic carbocycles. The van der Waals surface area contributed by atoms with Crippen LogP contribution < -0.4 is 14.2 Å². The van der Waals surface area contributed by atoms with Crippen molar-refractivity contribution in [1.29, 1.82) is 0 Å². The lowest BCUT2D eigenvalue weighted by atomic mass is 9.64. The van der Waals surface area contributed by atoms with Gasteiger partial charge in [-0.25, -0.2) is 0 Å². The van der Waals surface area contributed by atoms with E-state index in [1.807, 2.05) is 61.5 Å². The van der Waals surface area contributed by atoms with Gasteiger partial charge in [-0.15, -0.1) is 0 Å². The summed E-state index contributed by atoms with van der Waals surface area (Å²) < 4.78 is 17.8. The Morgan fingerprint density at radius 2 is 1.38 bits per heavy atom. The van der Waals surface area contributed by atoms with Gasteiger partial charge in [0.2, 0.25) is 0 Å². The number of rotatable bonds is 6. The van der Waals surface area contributed by atoms with Gasteiger partial charge in [0.05, 0.1) is 30.8 Å². The smallest absolute Gasteiger partial charge is 0.135 e. The number of methoxy groups -OCH3 is 2. The van der Waals surface area contributed by atoms with Gasteiger partial charge in [0.15, 0.2) is 0 Å². The van der Waals surface area contributed by atoms with Gasteiger partial charge in [0.1, 0.15) is 28.8 Å². The Balaban J connectivity index is 2.17. The SMILES string of the molecule is CCC(=O)CC1(c2ccccc2)c2c(OC)cccc2Oc2cccc(OC)c21. The molecular weight excluding hydrogens is 364 g/mol. The first-order valence-corrected chi connectivity index (χ1v) is 9.75. The number of ketones is 1. The Kier molecular flexibility index (Phi) is 5.01. The molecule has 4 heteroatoms. The highest BCUT2D eigenvalue weighted by Crippen LogP contribution is 2.59. The number of carbonyl (C=O) groups excluding carboxylic acids is 1. The second-order valence-electron chi connectivity index (χ2n) is 7.11. The van der Waals surface area contributed by atoms with Crippen LogP contribution in [0, 0.1) is 0 Å². The fourth-order valence-corrected chi connectivity index (χ4v) is 4.33. The first kappa shape index (κ1) is 19.1. The van der Waals surface area contributed by atoms with Gasteiger partial charge in [-0.2, -0.15) is 0 Å². The van der Waals surface area contributed by atoms with Gasteiger partial charge in [-0.1, -0.05) is 49.4 Å². The van der Waals surface area contributed by atoms with E-state index in [0.29, 0.717) is 29.4 Å². The molecule has 0 fully saturated rings. The lowest BCUT2D eigenvalue weighted by Crippen LogP contribution is -2.36. The summed E-state index contributed by atoms with van der Waals surface area (Å²) in [6.07, 6.45) is 0.738. The van der Waals surface area contributed by atoms with Crippen LogP contribution in [0.2, 0.25) is 0 Å². The molecule has 0 aliphatic carbocycles. The van der Waals surface area contributed by atoms with E-state index in [0.717, 1.165) is 16.7 Å². The average molecular weight is 388 g/mol. The maximum atomic E-state index is 13.0. The summed E-state index contributed by atoms with van der Waals surface area (Å²) in [7, 11) is 3.29. The van der Waals surface area contributed by atoms with Crippen LogP contribution >= 0.6 is 0 Å².